The average molecular weight is 303 g/mol. The van der Waals surface area contributed by atoms with Crippen molar-refractivity contribution < 1.29 is 9.53 Å². The Balaban J connectivity index is 1.77. The first-order valence-electron chi connectivity index (χ1n) is 7.96. The molecule has 120 valence electrons. The quantitative estimate of drug-likeness (QED) is 0.821. The summed E-state index contributed by atoms with van der Waals surface area (Å²) in [5, 5.41) is 3.08. The Labute approximate surface area is 132 Å². The fraction of sp³-hybridized carbons (Fsp3) is 0.588. The SMILES string of the molecule is C=CCCC(=O)NC1CCC(Oc2nc(C)cc(C)n2)CC1. The van der Waals surface area contributed by atoms with Gasteiger partial charge < -0.3 is 10.1 Å². The number of nitrogens with one attached hydrogen (secondary N) is 1. The number of ether oxygens (including phenoxy) is 1. The number of amides is 1. The molecule has 1 aliphatic rings. The predicted molar refractivity (Wildman–Crippen MR) is 85.8 cm³/mol. The zero-order valence-electron chi connectivity index (χ0n) is 13.5. The Morgan fingerprint density at radius 1 is 1.32 bits per heavy atom. The maximum absolute atomic E-state index is 11.7. The highest BCUT2D eigenvalue weighted by Crippen LogP contribution is 2.22. The van der Waals surface area contributed by atoms with Crippen molar-refractivity contribution in [3.8, 4) is 6.01 Å². The molecular formula is C17H25N3O2. The van der Waals surface area contributed by atoms with Gasteiger partial charge in [-0.3, -0.25) is 4.79 Å². The van der Waals surface area contributed by atoms with E-state index in [2.05, 4.69) is 21.9 Å². The van der Waals surface area contributed by atoms with E-state index in [1.807, 2.05) is 19.9 Å². The second kappa shape index (κ2) is 7.92. The van der Waals surface area contributed by atoms with Crippen molar-refractivity contribution in [3.63, 3.8) is 0 Å². The standard InChI is InChI=1S/C17H25N3O2/c1-4-5-6-16(21)20-14-7-9-15(10-8-14)22-17-18-12(2)11-13(3)19-17/h4,11,14-15H,1,5-10H2,2-3H3,(H,20,21). The minimum Gasteiger partial charge on any atom is -0.460 e. The van der Waals surface area contributed by atoms with Crippen LogP contribution in [0.15, 0.2) is 18.7 Å². The van der Waals surface area contributed by atoms with E-state index in [0.717, 1.165) is 43.5 Å². The first kappa shape index (κ1) is 16.5. The maximum Gasteiger partial charge on any atom is 0.317 e. The second-order valence-electron chi connectivity index (χ2n) is 5.92. The molecule has 1 fully saturated rings. The number of aromatic nitrogens is 2. The van der Waals surface area contributed by atoms with E-state index in [-0.39, 0.29) is 18.1 Å². The molecule has 0 aliphatic heterocycles. The van der Waals surface area contributed by atoms with E-state index >= 15 is 0 Å². The summed E-state index contributed by atoms with van der Waals surface area (Å²) in [6.45, 7) is 7.52. The summed E-state index contributed by atoms with van der Waals surface area (Å²) in [4.78, 5) is 20.3. The summed E-state index contributed by atoms with van der Waals surface area (Å²) in [6, 6.07) is 2.66. The molecule has 5 heteroatoms. The molecule has 0 spiro atoms. The fourth-order valence-electron chi connectivity index (χ4n) is 2.75. The molecular weight excluding hydrogens is 278 g/mol. The van der Waals surface area contributed by atoms with Gasteiger partial charge in [0.15, 0.2) is 0 Å². The van der Waals surface area contributed by atoms with Crippen molar-refractivity contribution >= 4 is 5.91 Å². The molecule has 1 N–H and O–H groups in total. The lowest BCUT2D eigenvalue weighted by molar-refractivity contribution is -0.122. The summed E-state index contributed by atoms with van der Waals surface area (Å²) in [6.07, 6.45) is 6.89. The molecule has 2 rings (SSSR count). The predicted octanol–water partition coefficient (Wildman–Crippen LogP) is 2.87. The van der Waals surface area contributed by atoms with Gasteiger partial charge in [-0.25, -0.2) is 9.97 Å². The van der Waals surface area contributed by atoms with Gasteiger partial charge in [0.1, 0.15) is 6.10 Å². The van der Waals surface area contributed by atoms with E-state index in [0.29, 0.717) is 12.4 Å². The number of carbonyl (C=O) groups is 1. The highest BCUT2D eigenvalue weighted by Gasteiger charge is 2.24. The van der Waals surface area contributed by atoms with Crippen LogP contribution < -0.4 is 10.1 Å². The molecule has 0 unspecified atom stereocenters. The van der Waals surface area contributed by atoms with Crippen LogP contribution in [0.2, 0.25) is 0 Å². The van der Waals surface area contributed by atoms with Gasteiger partial charge in [0.2, 0.25) is 5.91 Å². The Morgan fingerprint density at radius 3 is 2.55 bits per heavy atom. The molecule has 1 saturated carbocycles. The van der Waals surface area contributed by atoms with Gasteiger partial charge in [-0.15, -0.1) is 6.58 Å². The fourth-order valence-corrected chi connectivity index (χ4v) is 2.75. The molecule has 22 heavy (non-hydrogen) atoms. The molecule has 1 aromatic heterocycles. The van der Waals surface area contributed by atoms with Crippen LogP contribution >= 0.6 is 0 Å². The molecule has 0 radical (unpaired) electrons. The largest absolute Gasteiger partial charge is 0.460 e. The van der Waals surface area contributed by atoms with Crippen LogP contribution in [-0.2, 0) is 4.79 Å². The molecule has 1 heterocycles. The Hall–Kier alpha value is -1.91. The van der Waals surface area contributed by atoms with E-state index in [1.54, 1.807) is 6.08 Å². The molecule has 1 aliphatic carbocycles. The summed E-state index contributed by atoms with van der Waals surface area (Å²) in [7, 11) is 0. The molecule has 0 saturated heterocycles. The molecule has 1 amide bonds. The number of allylic oxidation sites excluding steroid dienone is 1. The third kappa shape index (κ3) is 5.13. The topological polar surface area (TPSA) is 64.1 Å². The second-order valence-corrected chi connectivity index (χ2v) is 5.92. The van der Waals surface area contributed by atoms with Gasteiger partial charge in [0, 0.05) is 23.9 Å². The van der Waals surface area contributed by atoms with Crippen LogP contribution in [0, 0.1) is 13.8 Å². The first-order chi connectivity index (χ1) is 10.6. The van der Waals surface area contributed by atoms with Gasteiger partial charge in [0.05, 0.1) is 0 Å². The first-order valence-corrected chi connectivity index (χ1v) is 7.96. The third-order valence-corrected chi connectivity index (χ3v) is 3.85. The lowest BCUT2D eigenvalue weighted by Crippen LogP contribution is -2.39. The van der Waals surface area contributed by atoms with Crippen LogP contribution in [0.5, 0.6) is 6.01 Å². The van der Waals surface area contributed by atoms with Gasteiger partial charge >= 0.3 is 6.01 Å². The molecule has 1 aromatic rings. The normalized spacial score (nSPS) is 21.2. The number of aryl methyl sites for hydroxylation is 2. The zero-order valence-corrected chi connectivity index (χ0v) is 13.5. The van der Waals surface area contributed by atoms with Crippen LogP contribution in [0.4, 0.5) is 0 Å². The maximum atomic E-state index is 11.7. The van der Waals surface area contributed by atoms with Crippen LogP contribution in [0.25, 0.3) is 0 Å². The van der Waals surface area contributed by atoms with Crippen LogP contribution in [0.1, 0.15) is 49.9 Å². The molecule has 5 nitrogen and oxygen atoms in total. The average Bonchev–Trinajstić information content (AvgIpc) is 2.46. The summed E-state index contributed by atoms with van der Waals surface area (Å²) < 4.78 is 5.89. The van der Waals surface area contributed by atoms with E-state index in [9.17, 15) is 4.79 Å². The van der Waals surface area contributed by atoms with Crippen molar-refractivity contribution in [2.75, 3.05) is 0 Å². The number of hydrogen-bond donors (Lipinski definition) is 1. The van der Waals surface area contributed by atoms with Crippen molar-refractivity contribution in [1.82, 2.24) is 15.3 Å². The van der Waals surface area contributed by atoms with Crippen molar-refractivity contribution in [2.24, 2.45) is 0 Å². The molecule has 0 aromatic carbocycles. The highest BCUT2D eigenvalue weighted by molar-refractivity contribution is 5.76. The monoisotopic (exact) mass is 303 g/mol. The van der Waals surface area contributed by atoms with Crippen molar-refractivity contribution in [3.05, 3.63) is 30.1 Å². The minimum absolute atomic E-state index is 0.113. The summed E-state index contributed by atoms with van der Waals surface area (Å²) >= 11 is 0. The van der Waals surface area contributed by atoms with Crippen LogP contribution in [0.3, 0.4) is 0 Å². The van der Waals surface area contributed by atoms with Gasteiger partial charge in [-0.2, -0.15) is 0 Å². The molecule has 0 atom stereocenters. The van der Waals surface area contributed by atoms with Gasteiger partial charge in [-0.05, 0) is 52.0 Å². The number of nitrogens with zero attached hydrogens (tertiary/aromatic N) is 2. The van der Waals surface area contributed by atoms with Crippen molar-refractivity contribution in [1.29, 1.82) is 0 Å². The number of hydrogen-bond acceptors (Lipinski definition) is 4. The lowest BCUT2D eigenvalue weighted by Gasteiger charge is -2.29. The third-order valence-electron chi connectivity index (χ3n) is 3.85. The number of carbonyl (C=O) groups excluding carboxylic acids is 1. The summed E-state index contributed by atoms with van der Waals surface area (Å²) in [5.74, 6) is 0.113. The van der Waals surface area contributed by atoms with Gasteiger partial charge in [-0.1, -0.05) is 6.08 Å². The van der Waals surface area contributed by atoms with E-state index in [4.69, 9.17) is 4.74 Å². The van der Waals surface area contributed by atoms with Crippen LogP contribution in [-0.4, -0.2) is 28.0 Å². The van der Waals surface area contributed by atoms with E-state index < -0.39 is 0 Å². The van der Waals surface area contributed by atoms with E-state index in [1.165, 1.54) is 0 Å². The Bertz CT molecular complexity index is 502. The highest BCUT2D eigenvalue weighted by atomic mass is 16.5. The lowest BCUT2D eigenvalue weighted by atomic mass is 9.93. The zero-order chi connectivity index (χ0) is 15.9. The van der Waals surface area contributed by atoms with Gasteiger partial charge in [0.25, 0.3) is 0 Å². The molecule has 0 bridgehead atoms. The minimum atomic E-state index is 0.113. The number of rotatable bonds is 6. The smallest absolute Gasteiger partial charge is 0.317 e. The Morgan fingerprint density at radius 2 is 1.95 bits per heavy atom. The Kier molecular flexibility index (Phi) is 5.92. The summed E-state index contributed by atoms with van der Waals surface area (Å²) in [5.41, 5.74) is 1.84. The van der Waals surface area contributed by atoms with Crippen molar-refractivity contribution in [2.45, 2.75) is 64.5 Å².